The van der Waals surface area contributed by atoms with Crippen LogP contribution in [-0.2, 0) is 6.54 Å². The Morgan fingerprint density at radius 2 is 2.29 bits per heavy atom. The maximum Gasteiger partial charge on any atom is 0.188 e. The number of likely N-dealkylation sites (tertiary alicyclic amines) is 1. The Balaban J connectivity index is 1.56. The molecule has 0 radical (unpaired) electrons. The second-order valence-electron chi connectivity index (χ2n) is 5.85. The van der Waals surface area contributed by atoms with Crippen LogP contribution in [0.5, 0.6) is 0 Å². The summed E-state index contributed by atoms with van der Waals surface area (Å²) in [4.78, 5) is 23.4. The van der Waals surface area contributed by atoms with Crippen LogP contribution in [0.15, 0.2) is 30.0 Å². The molecule has 124 valence electrons. The average molecular weight is 341 g/mol. The number of aromatic amines is 1. The van der Waals surface area contributed by atoms with Crippen molar-refractivity contribution in [3.05, 3.63) is 47.4 Å². The summed E-state index contributed by atoms with van der Waals surface area (Å²) in [6.07, 6.45) is 7.72. The smallest absolute Gasteiger partial charge is 0.188 e. The summed E-state index contributed by atoms with van der Waals surface area (Å²) in [7, 11) is 0. The van der Waals surface area contributed by atoms with E-state index in [1.54, 1.807) is 23.7 Å². The topological polar surface area (TPSA) is 82.6 Å². The highest BCUT2D eigenvalue weighted by molar-refractivity contribution is 7.13. The first-order valence-corrected chi connectivity index (χ1v) is 8.90. The van der Waals surface area contributed by atoms with Crippen LogP contribution in [0.2, 0.25) is 0 Å². The molecule has 0 bridgehead atoms. The van der Waals surface area contributed by atoms with Crippen molar-refractivity contribution in [2.45, 2.75) is 32.4 Å². The minimum Gasteiger partial charge on any atom is -0.348 e. The second kappa shape index (κ2) is 6.66. The Morgan fingerprint density at radius 1 is 1.33 bits per heavy atom. The Kier molecular flexibility index (Phi) is 4.22. The maximum absolute atomic E-state index is 4.68. The molecule has 0 saturated carbocycles. The van der Waals surface area contributed by atoms with E-state index in [0.717, 1.165) is 47.8 Å². The molecule has 0 aromatic carbocycles. The van der Waals surface area contributed by atoms with Crippen LogP contribution in [0.4, 0.5) is 10.9 Å². The molecule has 0 amide bonds. The predicted molar refractivity (Wildman–Crippen MR) is 93.1 cm³/mol. The Labute approximate surface area is 144 Å². The number of aromatic nitrogens is 5. The van der Waals surface area contributed by atoms with Gasteiger partial charge in [0, 0.05) is 30.0 Å². The van der Waals surface area contributed by atoms with Crippen LogP contribution in [0.1, 0.15) is 36.2 Å². The van der Waals surface area contributed by atoms with Crippen LogP contribution in [-0.4, -0.2) is 36.4 Å². The highest BCUT2D eigenvalue weighted by Gasteiger charge is 2.28. The van der Waals surface area contributed by atoms with Crippen LogP contribution < -0.4 is 5.32 Å². The Morgan fingerprint density at radius 3 is 3.08 bits per heavy atom. The van der Waals surface area contributed by atoms with E-state index >= 15 is 0 Å². The van der Waals surface area contributed by atoms with Gasteiger partial charge in [0.15, 0.2) is 5.13 Å². The van der Waals surface area contributed by atoms with Crippen LogP contribution in [0, 0.1) is 6.92 Å². The number of anilines is 2. The minimum absolute atomic E-state index is 0.300. The van der Waals surface area contributed by atoms with Crippen molar-refractivity contribution in [3.63, 3.8) is 0 Å². The molecule has 3 aromatic rings. The zero-order chi connectivity index (χ0) is 16.4. The molecule has 1 aliphatic rings. The van der Waals surface area contributed by atoms with Crippen molar-refractivity contribution in [1.82, 2.24) is 29.8 Å². The van der Waals surface area contributed by atoms with Gasteiger partial charge in [0.2, 0.25) is 0 Å². The number of nitrogens with one attached hydrogen (secondary N) is 2. The van der Waals surface area contributed by atoms with Gasteiger partial charge in [-0.3, -0.25) is 4.90 Å². The maximum atomic E-state index is 4.68. The molecule has 4 heterocycles. The van der Waals surface area contributed by atoms with Crippen molar-refractivity contribution in [2.75, 3.05) is 11.9 Å². The zero-order valence-electron chi connectivity index (χ0n) is 13.4. The summed E-state index contributed by atoms with van der Waals surface area (Å²) < 4.78 is 0. The second-order valence-corrected chi connectivity index (χ2v) is 6.75. The monoisotopic (exact) mass is 341 g/mol. The lowest BCUT2D eigenvalue weighted by molar-refractivity contribution is 0.238. The van der Waals surface area contributed by atoms with E-state index in [0.29, 0.717) is 6.04 Å². The summed E-state index contributed by atoms with van der Waals surface area (Å²) in [5.41, 5.74) is 1.06. The molecule has 0 unspecified atom stereocenters. The van der Waals surface area contributed by atoms with E-state index < -0.39 is 0 Å². The fraction of sp³-hybridized carbons (Fsp3) is 0.375. The van der Waals surface area contributed by atoms with E-state index in [1.807, 2.05) is 24.6 Å². The number of imidazole rings is 1. The molecule has 1 saturated heterocycles. The molecule has 3 aromatic heterocycles. The number of nitrogens with zero attached hydrogens (tertiary/aromatic N) is 5. The fourth-order valence-electron chi connectivity index (χ4n) is 3.15. The van der Waals surface area contributed by atoms with Gasteiger partial charge in [-0.2, -0.15) is 0 Å². The third-order valence-electron chi connectivity index (χ3n) is 4.14. The first kappa shape index (κ1) is 15.2. The number of rotatable bonds is 5. The molecule has 2 N–H and O–H groups in total. The standard InChI is InChI=1S/C16H19N7S/c1-11-20-12(9-14(21-11)22-16-19-6-8-24-16)13-3-2-7-23(13)10-15-17-4-5-18-15/h4-6,8-9,13H,2-3,7,10H2,1H3,(H,17,18)(H,19,20,21,22)/t13-/m1/s1. The van der Waals surface area contributed by atoms with Gasteiger partial charge in [-0.15, -0.1) is 11.3 Å². The lowest BCUT2D eigenvalue weighted by Gasteiger charge is -2.23. The largest absolute Gasteiger partial charge is 0.348 e. The van der Waals surface area contributed by atoms with Gasteiger partial charge in [-0.25, -0.2) is 19.9 Å². The SMILES string of the molecule is Cc1nc(Nc2nccs2)cc([C@H]2CCCN2Cc2ncc[nH]2)n1. The van der Waals surface area contributed by atoms with Gasteiger partial charge in [0.1, 0.15) is 17.5 Å². The molecule has 4 rings (SSSR count). The quantitative estimate of drug-likeness (QED) is 0.742. The van der Waals surface area contributed by atoms with Gasteiger partial charge in [0.25, 0.3) is 0 Å². The molecule has 1 atom stereocenters. The first-order valence-electron chi connectivity index (χ1n) is 8.02. The van der Waals surface area contributed by atoms with Crippen LogP contribution in [0.3, 0.4) is 0 Å². The fourth-order valence-corrected chi connectivity index (χ4v) is 3.68. The average Bonchev–Trinajstić information content (AvgIpc) is 3.29. The zero-order valence-corrected chi connectivity index (χ0v) is 14.3. The van der Waals surface area contributed by atoms with E-state index in [1.165, 1.54) is 6.42 Å². The van der Waals surface area contributed by atoms with Crippen molar-refractivity contribution >= 4 is 22.3 Å². The van der Waals surface area contributed by atoms with Crippen molar-refractivity contribution in [2.24, 2.45) is 0 Å². The first-order chi connectivity index (χ1) is 11.8. The van der Waals surface area contributed by atoms with Crippen molar-refractivity contribution in [3.8, 4) is 0 Å². The Bertz CT molecular complexity index is 785. The normalized spacial score (nSPS) is 18.1. The summed E-state index contributed by atoms with van der Waals surface area (Å²) in [5.74, 6) is 2.57. The van der Waals surface area contributed by atoms with Gasteiger partial charge in [-0.1, -0.05) is 0 Å². The van der Waals surface area contributed by atoms with Crippen LogP contribution in [0.25, 0.3) is 0 Å². The summed E-state index contributed by atoms with van der Waals surface area (Å²) in [6.45, 7) is 3.81. The van der Waals surface area contributed by atoms with Crippen molar-refractivity contribution in [1.29, 1.82) is 0 Å². The molecule has 0 spiro atoms. The number of hydrogen-bond donors (Lipinski definition) is 2. The van der Waals surface area contributed by atoms with E-state index in [4.69, 9.17) is 0 Å². The highest BCUT2D eigenvalue weighted by Crippen LogP contribution is 2.33. The third kappa shape index (κ3) is 3.29. The van der Waals surface area contributed by atoms with Crippen molar-refractivity contribution < 1.29 is 0 Å². The molecule has 1 fully saturated rings. The summed E-state index contributed by atoms with van der Waals surface area (Å²) in [6, 6.07) is 2.34. The molecule has 7 nitrogen and oxygen atoms in total. The molecule has 24 heavy (non-hydrogen) atoms. The van der Waals surface area contributed by atoms with Gasteiger partial charge in [-0.05, 0) is 26.3 Å². The van der Waals surface area contributed by atoms with Gasteiger partial charge < -0.3 is 10.3 Å². The molecular weight excluding hydrogens is 322 g/mol. The number of thiazole rings is 1. The van der Waals surface area contributed by atoms with Crippen LogP contribution >= 0.6 is 11.3 Å². The van der Waals surface area contributed by atoms with E-state index in [9.17, 15) is 0 Å². The number of H-pyrrole nitrogens is 1. The molecule has 8 heteroatoms. The summed E-state index contributed by atoms with van der Waals surface area (Å²) >= 11 is 1.56. The molecule has 1 aliphatic heterocycles. The molecular formula is C16H19N7S. The highest BCUT2D eigenvalue weighted by atomic mass is 32.1. The lowest BCUT2D eigenvalue weighted by atomic mass is 10.1. The predicted octanol–water partition coefficient (Wildman–Crippen LogP) is 3.05. The summed E-state index contributed by atoms with van der Waals surface area (Å²) in [5, 5.41) is 6.06. The third-order valence-corrected chi connectivity index (χ3v) is 4.83. The molecule has 0 aliphatic carbocycles. The van der Waals surface area contributed by atoms with Gasteiger partial charge >= 0.3 is 0 Å². The Hall–Kier alpha value is -2.32. The van der Waals surface area contributed by atoms with E-state index in [-0.39, 0.29) is 0 Å². The van der Waals surface area contributed by atoms with Gasteiger partial charge in [0.05, 0.1) is 18.3 Å². The number of aryl methyl sites for hydroxylation is 1. The lowest BCUT2D eigenvalue weighted by Crippen LogP contribution is -2.24. The number of hydrogen-bond acceptors (Lipinski definition) is 7. The minimum atomic E-state index is 0.300. The van der Waals surface area contributed by atoms with E-state index in [2.05, 4.69) is 35.1 Å².